The highest BCUT2D eigenvalue weighted by atomic mass is 79.9. The molecule has 0 aromatic heterocycles. The molecule has 3 rings (SSSR count). The summed E-state index contributed by atoms with van der Waals surface area (Å²) in [5, 5.41) is 8.96. The highest BCUT2D eigenvalue weighted by Crippen LogP contribution is 2.39. The van der Waals surface area contributed by atoms with Crippen molar-refractivity contribution in [3.8, 4) is 11.5 Å². The van der Waals surface area contributed by atoms with Crippen molar-refractivity contribution in [1.29, 1.82) is 0 Å². The summed E-state index contributed by atoms with van der Waals surface area (Å²) in [6.07, 6.45) is 1.54. The normalized spacial score (nSPS) is 20.0. The molecule has 1 aromatic carbocycles. The first-order valence-electron chi connectivity index (χ1n) is 7.18. The number of amides is 1. The van der Waals surface area contributed by atoms with Crippen LogP contribution in [0, 0.1) is 0 Å². The summed E-state index contributed by atoms with van der Waals surface area (Å²) in [7, 11) is 0. The first-order valence-corrected chi connectivity index (χ1v) is 7.97. The minimum atomic E-state index is -0.881. The van der Waals surface area contributed by atoms with Crippen molar-refractivity contribution in [3.05, 3.63) is 22.2 Å². The second-order valence-corrected chi connectivity index (χ2v) is 6.23. The third-order valence-electron chi connectivity index (χ3n) is 3.89. The zero-order valence-corrected chi connectivity index (χ0v) is 13.5. The van der Waals surface area contributed by atoms with Gasteiger partial charge in [-0.15, -0.1) is 0 Å². The minimum absolute atomic E-state index is 0.0164. The van der Waals surface area contributed by atoms with Gasteiger partial charge in [-0.25, -0.2) is 0 Å². The number of hydrogen-bond acceptors (Lipinski definition) is 4. The fourth-order valence-electron chi connectivity index (χ4n) is 2.92. The van der Waals surface area contributed by atoms with E-state index in [-0.39, 0.29) is 18.4 Å². The molecule has 1 atom stereocenters. The number of carboxylic acid groups (broad SMARTS) is 1. The molecule has 1 fully saturated rings. The Morgan fingerprint density at radius 3 is 2.86 bits per heavy atom. The Bertz CT molecular complexity index is 618. The smallest absolute Gasteiger partial charge is 0.305 e. The van der Waals surface area contributed by atoms with Gasteiger partial charge in [0, 0.05) is 18.2 Å². The van der Waals surface area contributed by atoms with Crippen LogP contribution in [0.4, 0.5) is 0 Å². The number of ether oxygens (including phenoxy) is 2. The van der Waals surface area contributed by atoms with Crippen molar-refractivity contribution in [1.82, 2.24) is 4.90 Å². The van der Waals surface area contributed by atoms with E-state index in [2.05, 4.69) is 15.9 Å². The lowest BCUT2D eigenvalue weighted by Gasteiger charge is -2.25. The lowest BCUT2D eigenvalue weighted by atomic mass is 10.1. The summed E-state index contributed by atoms with van der Waals surface area (Å²) < 4.78 is 11.7. The van der Waals surface area contributed by atoms with E-state index in [0.29, 0.717) is 41.3 Å². The molecule has 118 valence electrons. The van der Waals surface area contributed by atoms with Gasteiger partial charge >= 0.3 is 5.97 Å². The largest absolute Gasteiger partial charge is 0.486 e. The molecule has 1 amide bonds. The van der Waals surface area contributed by atoms with Gasteiger partial charge in [-0.2, -0.15) is 0 Å². The second kappa shape index (κ2) is 6.16. The van der Waals surface area contributed by atoms with Gasteiger partial charge in [0.2, 0.25) is 0 Å². The van der Waals surface area contributed by atoms with Gasteiger partial charge in [-0.1, -0.05) is 0 Å². The highest BCUT2D eigenvalue weighted by molar-refractivity contribution is 9.10. The number of hydrogen-bond donors (Lipinski definition) is 1. The number of benzene rings is 1. The van der Waals surface area contributed by atoms with Crippen molar-refractivity contribution in [2.75, 3.05) is 19.8 Å². The molecule has 0 saturated carbocycles. The maximum absolute atomic E-state index is 12.7. The van der Waals surface area contributed by atoms with Crippen LogP contribution in [0.15, 0.2) is 16.6 Å². The quantitative estimate of drug-likeness (QED) is 0.884. The molecular formula is C15H16BrNO5. The Labute approximate surface area is 136 Å². The summed E-state index contributed by atoms with van der Waals surface area (Å²) in [4.78, 5) is 25.3. The summed E-state index contributed by atoms with van der Waals surface area (Å²) in [5.41, 5.74) is 0.480. The van der Waals surface area contributed by atoms with Crippen molar-refractivity contribution < 1.29 is 24.2 Å². The maximum Gasteiger partial charge on any atom is 0.305 e. The number of carbonyl (C=O) groups is 2. The van der Waals surface area contributed by atoms with E-state index in [1.165, 1.54) is 0 Å². The van der Waals surface area contributed by atoms with Crippen LogP contribution in [0.5, 0.6) is 11.5 Å². The van der Waals surface area contributed by atoms with Crippen LogP contribution in [-0.2, 0) is 4.79 Å². The molecule has 2 heterocycles. The third kappa shape index (κ3) is 2.90. The number of halogens is 1. The molecule has 0 spiro atoms. The van der Waals surface area contributed by atoms with Crippen LogP contribution in [0.3, 0.4) is 0 Å². The number of likely N-dealkylation sites (tertiary alicyclic amines) is 1. The fourth-order valence-corrected chi connectivity index (χ4v) is 3.47. The van der Waals surface area contributed by atoms with Crippen LogP contribution in [-0.4, -0.2) is 47.7 Å². The Kier molecular flexibility index (Phi) is 4.24. The number of aliphatic carboxylic acids is 1. The predicted octanol–water partition coefficient (Wildman–Crippen LogP) is 2.30. The average molecular weight is 370 g/mol. The van der Waals surface area contributed by atoms with Crippen LogP contribution < -0.4 is 9.47 Å². The third-order valence-corrected chi connectivity index (χ3v) is 4.48. The molecule has 7 heteroatoms. The second-order valence-electron chi connectivity index (χ2n) is 5.37. The van der Waals surface area contributed by atoms with Gasteiger partial charge in [0.25, 0.3) is 5.91 Å². The molecule has 2 aliphatic heterocycles. The summed E-state index contributed by atoms with van der Waals surface area (Å²) in [6, 6.07) is 3.13. The Morgan fingerprint density at radius 1 is 1.32 bits per heavy atom. The SMILES string of the molecule is O=C(O)CC1CCCN1C(=O)c1cc(Br)c2c(c1)OCCO2. The van der Waals surface area contributed by atoms with Crippen LogP contribution in [0.2, 0.25) is 0 Å². The molecule has 6 nitrogen and oxygen atoms in total. The van der Waals surface area contributed by atoms with Crippen molar-refractivity contribution in [3.63, 3.8) is 0 Å². The Morgan fingerprint density at radius 2 is 2.09 bits per heavy atom. The molecule has 0 bridgehead atoms. The molecule has 2 aliphatic rings. The molecule has 0 radical (unpaired) electrons. The van der Waals surface area contributed by atoms with E-state index in [1.807, 2.05) is 0 Å². The van der Waals surface area contributed by atoms with E-state index < -0.39 is 5.97 Å². The molecule has 0 aliphatic carbocycles. The van der Waals surface area contributed by atoms with Gasteiger partial charge in [0.05, 0.1) is 10.9 Å². The van der Waals surface area contributed by atoms with Crippen LogP contribution in [0.1, 0.15) is 29.6 Å². The van der Waals surface area contributed by atoms with E-state index in [9.17, 15) is 9.59 Å². The van der Waals surface area contributed by atoms with E-state index in [1.54, 1.807) is 17.0 Å². The molecule has 1 unspecified atom stereocenters. The minimum Gasteiger partial charge on any atom is -0.486 e. The zero-order valence-electron chi connectivity index (χ0n) is 11.9. The van der Waals surface area contributed by atoms with Gasteiger partial charge in [-0.3, -0.25) is 9.59 Å². The van der Waals surface area contributed by atoms with E-state index >= 15 is 0 Å². The molecule has 22 heavy (non-hydrogen) atoms. The van der Waals surface area contributed by atoms with E-state index in [4.69, 9.17) is 14.6 Å². The van der Waals surface area contributed by atoms with Crippen molar-refractivity contribution in [2.24, 2.45) is 0 Å². The lowest BCUT2D eigenvalue weighted by molar-refractivity contribution is -0.137. The van der Waals surface area contributed by atoms with Crippen molar-refractivity contribution >= 4 is 27.8 Å². The number of nitrogens with zero attached hydrogens (tertiary/aromatic N) is 1. The topological polar surface area (TPSA) is 76.1 Å². The highest BCUT2D eigenvalue weighted by Gasteiger charge is 2.32. The van der Waals surface area contributed by atoms with E-state index in [0.717, 1.165) is 12.8 Å². The monoisotopic (exact) mass is 369 g/mol. The summed E-state index contributed by atoms with van der Waals surface area (Å²) in [5.74, 6) is 0.0961. The standard InChI is InChI=1S/C15H16BrNO5/c16-11-6-9(7-12-14(11)22-5-4-21-12)15(20)17-3-1-2-10(17)8-13(18)19/h6-7,10H,1-5,8H2,(H,18,19). The number of carbonyl (C=O) groups excluding carboxylic acids is 1. The number of fused-ring (bicyclic) bond motifs is 1. The molecular weight excluding hydrogens is 354 g/mol. The zero-order chi connectivity index (χ0) is 15.7. The van der Waals surface area contributed by atoms with Gasteiger partial charge in [-0.05, 0) is 40.9 Å². The summed E-state index contributed by atoms with van der Waals surface area (Å²) >= 11 is 3.40. The molecule has 1 N–H and O–H groups in total. The first kappa shape index (κ1) is 15.1. The fraction of sp³-hybridized carbons (Fsp3) is 0.467. The average Bonchev–Trinajstić information content (AvgIpc) is 2.93. The van der Waals surface area contributed by atoms with Crippen molar-refractivity contribution in [2.45, 2.75) is 25.3 Å². The summed E-state index contributed by atoms with van der Waals surface area (Å²) in [6.45, 7) is 1.51. The van der Waals surface area contributed by atoms with Gasteiger partial charge in [0.1, 0.15) is 13.2 Å². The van der Waals surface area contributed by atoms with Crippen LogP contribution in [0.25, 0.3) is 0 Å². The number of rotatable bonds is 3. The maximum atomic E-state index is 12.7. The lowest BCUT2D eigenvalue weighted by Crippen LogP contribution is -2.36. The predicted molar refractivity (Wildman–Crippen MR) is 81.4 cm³/mol. The molecule has 1 aromatic rings. The van der Waals surface area contributed by atoms with Gasteiger partial charge in [0.15, 0.2) is 11.5 Å². The Hall–Kier alpha value is -1.76. The molecule has 1 saturated heterocycles. The van der Waals surface area contributed by atoms with Gasteiger partial charge < -0.3 is 19.5 Å². The first-order chi connectivity index (χ1) is 10.6. The Balaban J connectivity index is 1.85. The number of carboxylic acids is 1. The van der Waals surface area contributed by atoms with Crippen LogP contribution >= 0.6 is 15.9 Å².